The smallest absolute Gasteiger partial charge is 0.337 e. The first-order valence-electron chi connectivity index (χ1n) is 5.46. The van der Waals surface area contributed by atoms with Crippen LogP contribution < -0.4 is 0 Å². The van der Waals surface area contributed by atoms with Gasteiger partial charge in [0, 0.05) is 12.1 Å². The van der Waals surface area contributed by atoms with Crippen molar-refractivity contribution in [2.24, 2.45) is 0 Å². The first kappa shape index (κ1) is 10.6. The van der Waals surface area contributed by atoms with E-state index in [9.17, 15) is 4.79 Å². The average Bonchev–Trinajstić information content (AvgIpc) is 3.14. The largest absolute Gasteiger partial charge is 0.465 e. The molecule has 0 atom stereocenters. The summed E-state index contributed by atoms with van der Waals surface area (Å²) in [4.78, 5) is 15.8. The van der Waals surface area contributed by atoms with E-state index in [0.717, 1.165) is 24.2 Å². The number of nitrogens with zero attached hydrogens (tertiary/aromatic N) is 2. The normalized spacial score (nSPS) is 15.2. The van der Waals surface area contributed by atoms with Gasteiger partial charge >= 0.3 is 5.97 Å². The van der Waals surface area contributed by atoms with Crippen LogP contribution in [-0.2, 0) is 4.74 Å². The number of carbonyl (C=O) groups is 1. The van der Waals surface area contributed by atoms with Gasteiger partial charge in [0.2, 0.25) is 0 Å². The fourth-order valence-electron chi connectivity index (χ4n) is 1.94. The first-order valence-corrected chi connectivity index (χ1v) is 5.84. The van der Waals surface area contributed by atoms with Crippen molar-refractivity contribution in [3.05, 3.63) is 34.9 Å². The van der Waals surface area contributed by atoms with Crippen molar-refractivity contribution in [3.8, 4) is 0 Å². The Morgan fingerprint density at radius 3 is 3.00 bits per heavy atom. The molecule has 0 spiro atoms. The van der Waals surface area contributed by atoms with E-state index in [1.165, 1.54) is 7.11 Å². The van der Waals surface area contributed by atoms with Gasteiger partial charge in [-0.2, -0.15) is 0 Å². The molecule has 1 aliphatic rings. The molecule has 1 fully saturated rings. The number of methoxy groups -OCH3 is 1. The predicted octanol–water partition coefficient (Wildman–Crippen LogP) is 2.65. The first-order chi connectivity index (χ1) is 8.20. The highest BCUT2D eigenvalue weighted by Gasteiger charge is 2.29. The molecule has 0 unspecified atom stereocenters. The third-order valence-corrected chi connectivity index (χ3v) is 3.27. The van der Waals surface area contributed by atoms with Crippen molar-refractivity contribution in [2.45, 2.75) is 18.8 Å². The molecule has 0 N–H and O–H groups in total. The van der Waals surface area contributed by atoms with Gasteiger partial charge in [0.15, 0.2) is 5.15 Å². The van der Waals surface area contributed by atoms with Gasteiger partial charge in [-0.25, -0.2) is 9.78 Å². The maximum absolute atomic E-state index is 11.4. The summed E-state index contributed by atoms with van der Waals surface area (Å²) in [6.45, 7) is 0. The lowest BCUT2D eigenvalue weighted by Gasteiger charge is -2.02. The Bertz CT molecular complexity index is 602. The zero-order valence-electron chi connectivity index (χ0n) is 9.31. The minimum atomic E-state index is -0.363. The van der Waals surface area contributed by atoms with Crippen molar-refractivity contribution in [3.63, 3.8) is 0 Å². The quantitative estimate of drug-likeness (QED) is 0.770. The summed E-state index contributed by atoms with van der Waals surface area (Å²) in [5, 5.41) is 0.442. The Hall–Kier alpha value is -1.55. The number of hydrogen-bond donors (Lipinski definition) is 0. The zero-order chi connectivity index (χ0) is 12.0. The second-order valence-corrected chi connectivity index (χ2v) is 4.56. The van der Waals surface area contributed by atoms with E-state index >= 15 is 0 Å². The van der Waals surface area contributed by atoms with Crippen LogP contribution in [0.15, 0.2) is 18.3 Å². The molecule has 1 aliphatic carbocycles. The number of aromatic nitrogens is 2. The Morgan fingerprint density at radius 1 is 1.59 bits per heavy atom. The van der Waals surface area contributed by atoms with Crippen LogP contribution in [0.1, 0.15) is 34.9 Å². The molecular weight excluding hydrogens is 240 g/mol. The molecule has 88 valence electrons. The topological polar surface area (TPSA) is 43.6 Å². The molecule has 0 aliphatic heterocycles. The number of esters is 1. The summed E-state index contributed by atoms with van der Waals surface area (Å²) in [5.74, 6) is 1.14. The van der Waals surface area contributed by atoms with Crippen molar-refractivity contribution < 1.29 is 9.53 Å². The minimum Gasteiger partial charge on any atom is -0.465 e. The van der Waals surface area contributed by atoms with Crippen LogP contribution in [0.5, 0.6) is 0 Å². The van der Waals surface area contributed by atoms with Gasteiger partial charge in [-0.1, -0.05) is 11.6 Å². The molecule has 2 aromatic heterocycles. The standard InChI is InChI=1S/C12H11ClN2O2/c1-17-12(16)8-4-5-15-9(6-8)10(13)14-11(15)7-2-3-7/h4-7H,2-3H2,1H3. The molecule has 1 saturated carbocycles. The molecule has 0 saturated heterocycles. The van der Waals surface area contributed by atoms with E-state index in [1.54, 1.807) is 12.1 Å². The van der Waals surface area contributed by atoms with E-state index in [1.807, 2.05) is 10.6 Å². The lowest BCUT2D eigenvalue weighted by molar-refractivity contribution is 0.0601. The van der Waals surface area contributed by atoms with E-state index in [4.69, 9.17) is 11.6 Å². The van der Waals surface area contributed by atoms with Crippen molar-refractivity contribution in [2.75, 3.05) is 7.11 Å². The summed E-state index contributed by atoms with van der Waals surface area (Å²) in [7, 11) is 1.36. The fourth-order valence-corrected chi connectivity index (χ4v) is 2.18. The van der Waals surface area contributed by atoms with Gasteiger partial charge in [0.25, 0.3) is 0 Å². The van der Waals surface area contributed by atoms with Crippen LogP contribution >= 0.6 is 11.6 Å². The highest BCUT2D eigenvalue weighted by Crippen LogP contribution is 2.40. The lowest BCUT2D eigenvalue weighted by Crippen LogP contribution is -2.02. The molecule has 0 radical (unpaired) electrons. The minimum absolute atomic E-state index is 0.363. The van der Waals surface area contributed by atoms with E-state index in [0.29, 0.717) is 16.6 Å². The Morgan fingerprint density at radius 2 is 2.35 bits per heavy atom. The van der Waals surface area contributed by atoms with Crippen molar-refractivity contribution in [1.29, 1.82) is 0 Å². The molecule has 0 amide bonds. The second-order valence-electron chi connectivity index (χ2n) is 4.20. The number of carbonyl (C=O) groups excluding carboxylic acids is 1. The number of hydrogen-bond acceptors (Lipinski definition) is 3. The van der Waals surface area contributed by atoms with E-state index < -0.39 is 0 Å². The number of fused-ring (bicyclic) bond motifs is 1. The molecule has 0 bridgehead atoms. The predicted molar refractivity (Wildman–Crippen MR) is 63.5 cm³/mol. The van der Waals surface area contributed by atoms with Crippen molar-refractivity contribution in [1.82, 2.24) is 9.38 Å². The average molecular weight is 251 g/mol. The molecule has 2 aromatic rings. The summed E-state index contributed by atoms with van der Waals surface area (Å²) >= 11 is 6.09. The van der Waals surface area contributed by atoms with Gasteiger partial charge in [0.1, 0.15) is 5.82 Å². The Kier molecular flexibility index (Phi) is 2.33. The SMILES string of the molecule is COC(=O)c1ccn2c(C3CC3)nc(Cl)c2c1. The number of pyridine rings is 1. The maximum atomic E-state index is 11.4. The molecule has 4 nitrogen and oxygen atoms in total. The maximum Gasteiger partial charge on any atom is 0.337 e. The van der Waals surface area contributed by atoms with E-state index in [2.05, 4.69) is 9.72 Å². The fraction of sp³-hybridized carbons (Fsp3) is 0.333. The summed E-state index contributed by atoms with van der Waals surface area (Å²) in [6, 6.07) is 3.44. The number of imidazole rings is 1. The summed E-state index contributed by atoms with van der Waals surface area (Å²) < 4.78 is 6.63. The summed E-state index contributed by atoms with van der Waals surface area (Å²) in [5.41, 5.74) is 1.25. The van der Waals surface area contributed by atoms with E-state index in [-0.39, 0.29) is 5.97 Å². The highest BCUT2D eigenvalue weighted by atomic mass is 35.5. The molecule has 5 heteroatoms. The van der Waals surface area contributed by atoms with Crippen LogP contribution in [-0.4, -0.2) is 22.5 Å². The molecule has 2 heterocycles. The third-order valence-electron chi connectivity index (χ3n) is 2.99. The van der Waals surface area contributed by atoms with Crippen LogP contribution in [0.25, 0.3) is 5.52 Å². The number of ether oxygens (including phenoxy) is 1. The van der Waals surface area contributed by atoms with Gasteiger partial charge in [-0.3, -0.25) is 0 Å². The number of rotatable bonds is 2. The van der Waals surface area contributed by atoms with Gasteiger partial charge < -0.3 is 9.14 Å². The molecule has 3 rings (SSSR count). The number of halogens is 1. The lowest BCUT2D eigenvalue weighted by atomic mass is 10.2. The highest BCUT2D eigenvalue weighted by molar-refractivity contribution is 6.32. The van der Waals surface area contributed by atoms with Crippen LogP contribution in [0.4, 0.5) is 0 Å². The van der Waals surface area contributed by atoms with Crippen molar-refractivity contribution >= 4 is 23.1 Å². The van der Waals surface area contributed by atoms with Gasteiger partial charge in [-0.15, -0.1) is 0 Å². The Labute approximate surface area is 103 Å². The zero-order valence-corrected chi connectivity index (χ0v) is 10.1. The second kappa shape index (κ2) is 3.74. The monoisotopic (exact) mass is 250 g/mol. The molecule has 17 heavy (non-hydrogen) atoms. The summed E-state index contributed by atoms with van der Waals surface area (Å²) in [6.07, 6.45) is 4.15. The third kappa shape index (κ3) is 1.69. The Balaban J connectivity index is 2.16. The molecule has 0 aromatic carbocycles. The van der Waals surface area contributed by atoms with Crippen LogP contribution in [0.2, 0.25) is 5.15 Å². The van der Waals surface area contributed by atoms with Gasteiger partial charge in [-0.05, 0) is 25.0 Å². The van der Waals surface area contributed by atoms with Crippen LogP contribution in [0, 0.1) is 0 Å². The molecular formula is C12H11ClN2O2. The van der Waals surface area contributed by atoms with Crippen LogP contribution in [0.3, 0.4) is 0 Å². The van der Waals surface area contributed by atoms with Gasteiger partial charge in [0.05, 0.1) is 18.2 Å².